The number of aromatic nitrogens is 4. The molecule has 4 heterocycles. The molecule has 1 aliphatic rings. The van der Waals surface area contributed by atoms with E-state index in [0.29, 0.717) is 41.4 Å². The molecule has 1 saturated heterocycles. The van der Waals surface area contributed by atoms with Crippen LogP contribution in [-0.4, -0.2) is 63.2 Å². The molecule has 0 unspecified atom stereocenters. The van der Waals surface area contributed by atoms with Gasteiger partial charge in [-0.2, -0.15) is 10.2 Å². The molecule has 0 bridgehead atoms. The number of aryl methyl sites for hydroxylation is 1. The van der Waals surface area contributed by atoms with E-state index in [1.54, 1.807) is 36.4 Å². The van der Waals surface area contributed by atoms with Crippen LogP contribution >= 0.6 is 0 Å². The van der Waals surface area contributed by atoms with Gasteiger partial charge in [-0.1, -0.05) is 0 Å². The van der Waals surface area contributed by atoms with Gasteiger partial charge in [-0.3, -0.25) is 0 Å². The van der Waals surface area contributed by atoms with Crippen molar-refractivity contribution in [2.24, 2.45) is 0 Å². The van der Waals surface area contributed by atoms with E-state index in [4.69, 9.17) is 14.2 Å². The molecule has 0 N–H and O–H groups in total. The molecular weight excluding hydrogens is 508 g/mol. The van der Waals surface area contributed by atoms with Crippen molar-refractivity contribution in [1.29, 1.82) is 0 Å². The zero-order valence-corrected chi connectivity index (χ0v) is 22.4. The van der Waals surface area contributed by atoms with Gasteiger partial charge in [-0.15, -0.1) is 0 Å². The van der Waals surface area contributed by atoms with E-state index < -0.39 is 17.2 Å². The van der Waals surface area contributed by atoms with Crippen LogP contribution in [0.25, 0.3) is 28.0 Å². The number of halogens is 2. The molecule has 9 nitrogen and oxygen atoms in total. The molecule has 11 heteroatoms. The average Bonchev–Trinajstić information content (AvgIpc) is 3.22. The number of amides is 1. The molecule has 1 fully saturated rings. The molecule has 0 atom stereocenters. The second-order valence-corrected chi connectivity index (χ2v) is 10.5. The van der Waals surface area contributed by atoms with Crippen LogP contribution in [0.5, 0.6) is 5.75 Å². The molecule has 5 rings (SSSR count). The minimum Gasteiger partial charge on any atom is -0.467 e. The largest absolute Gasteiger partial charge is 0.467 e. The van der Waals surface area contributed by atoms with E-state index in [2.05, 4.69) is 15.2 Å². The SMILES string of the molecule is COCOc1cc(-c2cc(F)c3nc(C)cn3c2)c(F)cc1-c1ccc(C2CN(C(=O)OC(C)(C)C)C2)nn1. The lowest BCUT2D eigenvalue weighted by Gasteiger charge is -2.39. The lowest BCUT2D eigenvalue weighted by Crippen LogP contribution is -2.50. The Kier molecular flexibility index (Phi) is 6.94. The number of pyridine rings is 1. The van der Waals surface area contributed by atoms with Gasteiger partial charge in [0.2, 0.25) is 0 Å². The van der Waals surface area contributed by atoms with Crippen molar-refractivity contribution < 1.29 is 27.8 Å². The molecule has 3 aromatic heterocycles. The number of hydrogen-bond donors (Lipinski definition) is 0. The first kappa shape index (κ1) is 26.5. The summed E-state index contributed by atoms with van der Waals surface area (Å²) in [5.41, 5.74) is 2.21. The Labute approximate surface area is 224 Å². The van der Waals surface area contributed by atoms with Crippen LogP contribution in [0.1, 0.15) is 38.1 Å². The van der Waals surface area contributed by atoms with Crippen molar-refractivity contribution in [2.75, 3.05) is 27.0 Å². The fourth-order valence-corrected chi connectivity index (χ4v) is 4.39. The van der Waals surface area contributed by atoms with Gasteiger partial charge in [-0.05, 0) is 58.0 Å². The van der Waals surface area contributed by atoms with Gasteiger partial charge >= 0.3 is 6.09 Å². The van der Waals surface area contributed by atoms with Crippen molar-refractivity contribution in [2.45, 2.75) is 39.2 Å². The summed E-state index contributed by atoms with van der Waals surface area (Å²) in [6.45, 7) is 8.10. The standard InChI is InChI=1S/C28H29F2N5O4/c1-16-11-34-12-17(8-22(30)26(34)31-16)19-10-25(38-15-37-5)20(9-21(19)29)24-7-6-23(32-33-24)18-13-35(14-18)27(36)39-28(2,3)4/h6-12,18H,13-15H2,1-5H3. The highest BCUT2D eigenvalue weighted by atomic mass is 19.1. The van der Waals surface area contributed by atoms with E-state index >= 15 is 4.39 Å². The summed E-state index contributed by atoms with van der Waals surface area (Å²) in [5, 5.41) is 8.63. The third kappa shape index (κ3) is 5.53. The maximum atomic E-state index is 15.4. The predicted molar refractivity (Wildman–Crippen MR) is 139 cm³/mol. The lowest BCUT2D eigenvalue weighted by molar-refractivity contribution is 0.00780. The fourth-order valence-electron chi connectivity index (χ4n) is 4.39. The van der Waals surface area contributed by atoms with Gasteiger partial charge < -0.3 is 23.5 Å². The zero-order valence-electron chi connectivity index (χ0n) is 22.4. The number of fused-ring (bicyclic) bond motifs is 1. The molecule has 0 spiro atoms. The summed E-state index contributed by atoms with van der Waals surface area (Å²) < 4.78 is 47.9. The summed E-state index contributed by atoms with van der Waals surface area (Å²) in [7, 11) is 1.47. The van der Waals surface area contributed by atoms with Gasteiger partial charge in [0.15, 0.2) is 18.3 Å². The second-order valence-electron chi connectivity index (χ2n) is 10.5. The Morgan fingerprint density at radius 1 is 1.05 bits per heavy atom. The quantitative estimate of drug-likeness (QED) is 0.306. The van der Waals surface area contributed by atoms with E-state index in [-0.39, 0.29) is 30.0 Å². The first-order valence-electron chi connectivity index (χ1n) is 12.4. The van der Waals surface area contributed by atoms with Crippen LogP contribution in [0.2, 0.25) is 0 Å². The van der Waals surface area contributed by atoms with Crippen molar-refractivity contribution in [3.8, 4) is 28.1 Å². The topological polar surface area (TPSA) is 91.1 Å². The van der Waals surface area contributed by atoms with E-state index in [9.17, 15) is 9.18 Å². The Bertz CT molecular complexity index is 1530. The van der Waals surface area contributed by atoms with Crippen LogP contribution in [-0.2, 0) is 9.47 Å². The van der Waals surface area contributed by atoms with Crippen LogP contribution in [0.4, 0.5) is 13.6 Å². The second kappa shape index (κ2) is 10.2. The van der Waals surface area contributed by atoms with Crippen LogP contribution in [0.15, 0.2) is 42.7 Å². The third-order valence-corrected chi connectivity index (χ3v) is 6.25. The highest BCUT2D eigenvalue weighted by Gasteiger charge is 2.35. The van der Waals surface area contributed by atoms with E-state index in [1.165, 1.54) is 29.7 Å². The smallest absolute Gasteiger partial charge is 0.410 e. The number of hydrogen-bond acceptors (Lipinski definition) is 7. The third-order valence-electron chi connectivity index (χ3n) is 6.25. The molecule has 0 radical (unpaired) electrons. The maximum Gasteiger partial charge on any atom is 0.410 e. The number of methoxy groups -OCH3 is 1. The normalized spacial score (nSPS) is 14.0. The summed E-state index contributed by atoms with van der Waals surface area (Å²) >= 11 is 0. The number of carbonyl (C=O) groups excluding carboxylic acids is 1. The van der Waals surface area contributed by atoms with E-state index in [0.717, 1.165) is 5.69 Å². The van der Waals surface area contributed by atoms with Crippen molar-refractivity contribution >= 4 is 11.7 Å². The first-order chi connectivity index (χ1) is 18.5. The number of nitrogens with zero attached hydrogens (tertiary/aromatic N) is 5. The minimum atomic E-state index is -0.580. The molecule has 4 aromatic rings. The summed E-state index contributed by atoms with van der Waals surface area (Å²) in [4.78, 5) is 18.0. The number of imidazole rings is 1. The predicted octanol–water partition coefficient (Wildman–Crippen LogP) is 5.36. The minimum absolute atomic E-state index is 0.0269. The Balaban J connectivity index is 1.40. The van der Waals surface area contributed by atoms with Crippen molar-refractivity contribution in [1.82, 2.24) is 24.5 Å². The molecule has 1 amide bonds. The molecule has 1 aliphatic heterocycles. The van der Waals surface area contributed by atoms with Crippen LogP contribution in [0.3, 0.4) is 0 Å². The fraction of sp³-hybridized carbons (Fsp3) is 0.357. The molecule has 39 heavy (non-hydrogen) atoms. The first-order valence-corrected chi connectivity index (χ1v) is 12.4. The van der Waals surface area contributed by atoms with Gasteiger partial charge in [0.05, 0.1) is 17.1 Å². The molecule has 0 saturated carbocycles. The monoisotopic (exact) mass is 537 g/mol. The number of carbonyl (C=O) groups is 1. The zero-order chi connectivity index (χ0) is 27.9. The van der Waals surface area contributed by atoms with Gasteiger partial charge in [0.1, 0.15) is 17.2 Å². The lowest BCUT2D eigenvalue weighted by atomic mass is 9.96. The Morgan fingerprint density at radius 2 is 1.82 bits per heavy atom. The Hall–Kier alpha value is -4.12. The average molecular weight is 538 g/mol. The number of rotatable bonds is 6. The summed E-state index contributed by atoms with van der Waals surface area (Å²) in [6, 6.07) is 7.56. The van der Waals surface area contributed by atoms with Gasteiger partial charge in [0, 0.05) is 55.2 Å². The van der Waals surface area contributed by atoms with Gasteiger partial charge in [0.25, 0.3) is 0 Å². The molecule has 1 aromatic carbocycles. The highest BCUT2D eigenvalue weighted by molar-refractivity contribution is 5.75. The summed E-state index contributed by atoms with van der Waals surface area (Å²) in [5.74, 6) is -0.814. The molecular formula is C28H29F2N5O4. The van der Waals surface area contributed by atoms with E-state index in [1.807, 2.05) is 20.8 Å². The van der Waals surface area contributed by atoms with Crippen LogP contribution < -0.4 is 4.74 Å². The van der Waals surface area contributed by atoms with Crippen molar-refractivity contribution in [3.05, 3.63) is 65.7 Å². The van der Waals surface area contributed by atoms with Crippen molar-refractivity contribution in [3.63, 3.8) is 0 Å². The highest BCUT2D eigenvalue weighted by Crippen LogP contribution is 2.37. The van der Waals surface area contributed by atoms with Crippen LogP contribution in [0, 0.1) is 18.6 Å². The molecule has 204 valence electrons. The summed E-state index contributed by atoms with van der Waals surface area (Å²) in [6.07, 6.45) is 2.92. The Morgan fingerprint density at radius 3 is 2.49 bits per heavy atom. The number of ether oxygens (including phenoxy) is 3. The van der Waals surface area contributed by atoms with Gasteiger partial charge in [-0.25, -0.2) is 18.6 Å². The maximum absolute atomic E-state index is 15.4. The number of likely N-dealkylation sites (tertiary alicyclic amines) is 1. The molecule has 0 aliphatic carbocycles. The number of benzene rings is 1.